The molecule has 0 saturated carbocycles. The Morgan fingerprint density at radius 1 is 0.733 bits per heavy atom. The van der Waals surface area contributed by atoms with E-state index in [9.17, 15) is 0 Å². The van der Waals surface area contributed by atoms with E-state index in [-0.39, 0.29) is 0 Å². The Kier molecular flexibility index (Phi) is 2.93. The van der Waals surface area contributed by atoms with E-state index in [2.05, 4.69) is 29.3 Å². The fourth-order valence-corrected chi connectivity index (χ4v) is 1.62. The number of benzene rings is 2. The summed E-state index contributed by atoms with van der Waals surface area (Å²) in [7, 11) is 1.83. The summed E-state index contributed by atoms with van der Waals surface area (Å²) in [6.45, 7) is 0. The monoisotopic (exact) mass is 195 g/mol. The predicted molar refractivity (Wildman–Crippen MR) is 64.4 cm³/mol. The van der Waals surface area contributed by atoms with Gasteiger partial charge in [0.25, 0.3) is 0 Å². The SMILES string of the molecule is CN=C(c1ccccc1)c1ccccc1. The lowest BCUT2D eigenvalue weighted by Gasteiger charge is -2.05. The molecule has 0 bridgehead atoms. The van der Waals surface area contributed by atoms with E-state index in [1.165, 1.54) is 0 Å². The minimum atomic E-state index is 1.04. The number of hydrogen-bond acceptors (Lipinski definition) is 1. The van der Waals surface area contributed by atoms with Crippen molar-refractivity contribution in [2.75, 3.05) is 7.05 Å². The third-order valence-corrected chi connectivity index (χ3v) is 2.32. The van der Waals surface area contributed by atoms with E-state index < -0.39 is 0 Å². The number of hydrogen-bond donors (Lipinski definition) is 0. The molecule has 2 aromatic carbocycles. The van der Waals surface area contributed by atoms with Gasteiger partial charge in [-0.3, -0.25) is 4.99 Å². The van der Waals surface area contributed by atoms with E-state index >= 15 is 0 Å². The Morgan fingerprint density at radius 3 is 1.47 bits per heavy atom. The summed E-state index contributed by atoms with van der Waals surface area (Å²) in [5.74, 6) is 0. The van der Waals surface area contributed by atoms with Crippen molar-refractivity contribution in [3.63, 3.8) is 0 Å². The van der Waals surface area contributed by atoms with Gasteiger partial charge in [0.1, 0.15) is 0 Å². The number of aliphatic imine (C=N–C) groups is 1. The first-order valence-electron chi connectivity index (χ1n) is 4.99. The molecule has 2 rings (SSSR count). The molecule has 1 nitrogen and oxygen atoms in total. The summed E-state index contributed by atoms with van der Waals surface area (Å²) >= 11 is 0. The molecule has 1 heteroatoms. The molecule has 0 atom stereocenters. The molecule has 0 aliphatic carbocycles. The normalized spacial score (nSPS) is 9.67. The van der Waals surface area contributed by atoms with Crippen molar-refractivity contribution in [3.8, 4) is 0 Å². The fraction of sp³-hybridized carbons (Fsp3) is 0.0714. The van der Waals surface area contributed by atoms with Crippen LogP contribution in [0.15, 0.2) is 65.7 Å². The van der Waals surface area contributed by atoms with Crippen LogP contribution in [0.1, 0.15) is 11.1 Å². The molecule has 0 radical (unpaired) electrons. The third-order valence-electron chi connectivity index (χ3n) is 2.32. The maximum atomic E-state index is 4.35. The van der Waals surface area contributed by atoms with Crippen molar-refractivity contribution in [1.29, 1.82) is 0 Å². The highest BCUT2D eigenvalue weighted by molar-refractivity contribution is 6.12. The molecule has 0 aromatic heterocycles. The van der Waals surface area contributed by atoms with Crippen molar-refractivity contribution >= 4 is 5.71 Å². The first-order valence-corrected chi connectivity index (χ1v) is 4.99. The van der Waals surface area contributed by atoms with Crippen LogP contribution in [0.3, 0.4) is 0 Å². The lowest BCUT2D eigenvalue weighted by molar-refractivity contribution is 1.41. The minimum absolute atomic E-state index is 1.04. The Balaban J connectivity index is 2.44. The molecule has 15 heavy (non-hydrogen) atoms. The van der Waals surface area contributed by atoms with Gasteiger partial charge in [0.2, 0.25) is 0 Å². The molecule has 0 fully saturated rings. The van der Waals surface area contributed by atoms with E-state index in [4.69, 9.17) is 0 Å². The van der Waals surface area contributed by atoms with Gasteiger partial charge in [-0.2, -0.15) is 0 Å². The summed E-state index contributed by atoms with van der Waals surface area (Å²) < 4.78 is 0. The number of rotatable bonds is 2. The zero-order valence-corrected chi connectivity index (χ0v) is 8.72. The van der Waals surface area contributed by atoms with Crippen molar-refractivity contribution in [3.05, 3.63) is 71.8 Å². The zero-order valence-electron chi connectivity index (χ0n) is 8.72. The summed E-state index contributed by atoms with van der Waals surface area (Å²) in [5, 5.41) is 0. The largest absolute Gasteiger partial charge is 0.287 e. The van der Waals surface area contributed by atoms with Crippen LogP contribution in [-0.2, 0) is 0 Å². The van der Waals surface area contributed by atoms with Crippen LogP contribution in [0.2, 0.25) is 0 Å². The molecule has 0 N–H and O–H groups in total. The van der Waals surface area contributed by atoms with Gasteiger partial charge >= 0.3 is 0 Å². The molecule has 2 aromatic rings. The van der Waals surface area contributed by atoms with Gasteiger partial charge in [0.15, 0.2) is 0 Å². The second-order valence-electron chi connectivity index (χ2n) is 3.30. The Hall–Kier alpha value is -1.89. The maximum Gasteiger partial charge on any atom is 0.0715 e. The average Bonchev–Trinajstić information content (AvgIpc) is 2.33. The van der Waals surface area contributed by atoms with Gasteiger partial charge in [-0.1, -0.05) is 60.7 Å². The second-order valence-corrected chi connectivity index (χ2v) is 3.30. The first-order chi connectivity index (χ1) is 7.42. The van der Waals surface area contributed by atoms with E-state index in [1.807, 2.05) is 43.4 Å². The molecule has 74 valence electrons. The van der Waals surface area contributed by atoms with Crippen LogP contribution in [0.4, 0.5) is 0 Å². The lowest BCUT2D eigenvalue weighted by atomic mass is 10.0. The highest BCUT2D eigenvalue weighted by atomic mass is 14.7. The fourth-order valence-electron chi connectivity index (χ4n) is 1.62. The maximum absolute atomic E-state index is 4.35. The van der Waals surface area contributed by atoms with Crippen molar-refractivity contribution in [2.45, 2.75) is 0 Å². The van der Waals surface area contributed by atoms with Gasteiger partial charge in [-0.25, -0.2) is 0 Å². The summed E-state index contributed by atoms with van der Waals surface area (Å²) in [6, 6.07) is 20.5. The van der Waals surface area contributed by atoms with Gasteiger partial charge in [0, 0.05) is 18.2 Å². The summed E-state index contributed by atoms with van der Waals surface area (Å²) in [4.78, 5) is 4.35. The zero-order chi connectivity index (χ0) is 10.5. The average molecular weight is 195 g/mol. The Labute approximate surface area is 90.1 Å². The van der Waals surface area contributed by atoms with Gasteiger partial charge in [-0.15, -0.1) is 0 Å². The standard InChI is InChI=1S/C14H13N/c1-15-14(12-8-4-2-5-9-12)13-10-6-3-7-11-13/h2-11H,1H3. The summed E-state index contributed by atoms with van der Waals surface area (Å²) in [5.41, 5.74) is 3.36. The predicted octanol–water partition coefficient (Wildman–Crippen LogP) is 3.15. The smallest absolute Gasteiger partial charge is 0.0715 e. The van der Waals surface area contributed by atoms with E-state index in [0.29, 0.717) is 0 Å². The van der Waals surface area contributed by atoms with Crippen LogP contribution in [0, 0.1) is 0 Å². The van der Waals surface area contributed by atoms with Crippen molar-refractivity contribution in [1.82, 2.24) is 0 Å². The third kappa shape index (κ3) is 2.13. The van der Waals surface area contributed by atoms with Crippen LogP contribution in [0.25, 0.3) is 0 Å². The van der Waals surface area contributed by atoms with Crippen LogP contribution in [-0.4, -0.2) is 12.8 Å². The van der Waals surface area contributed by atoms with Crippen molar-refractivity contribution < 1.29 is 0 Å². The van der Waals surface area contributed by atoms with Gasteiger partial charge in [0.05, 0.1) is 5.71 Å². The molecule has 0 spiro atoms. The van der Waals surface area contributed by atoms with E-state index in [1.54, 1.807) is 0 Å². The highest BCUT2D eigenvalue weighted by Gasteiger charge is 2.03. The molecule has 0 aliphatic rings. The Bertz CT molecular complexity index is 402. The van der Waals surface area contributed by atoms with Gasteiger partial charge < -0.3 is 0 Å². The van der Waals surface area contributed by atoms with Crippen LogP contribution in [0.5, 0.6) is 0 Å². The molecule has 0 unspecified atom stereocenters. The summed E-state index contributed by atoms with van der Waals surface area (Å²) in [6.07, 6.45) is 0. The van der Waals surface area contributed by atoms with Crippen molar-refractivity contribution in [2.24, 2.45) is 4.99 Å². The Morgan fingerprint density at radius 2 is 1.13 bits per heavy atom. The quantitative estimate of drug-likeness (QED) is 0.653. The molecular formula is C14H13N. The molecular weight excluding hydrogens is 182 g/mol. The van der Waals surface area contributed by atoms with Gasteiger partial charge in [-0.05, 0) is 0 Å². The molecule has 0 heterocycles. The second kappa shape index (κ2) is 4.56. The molecule has 0 saturated heterocycles. The van der Waals surface area contributed by atoms with E-state index in [0.717, 1.165) is 16.8 Å². The lowest BCUT2D eigenvalue weighted by Crippen LogP contribution is -2.02. The van der Waals surface area contributed by atoms with Crippen LogP contribution < -0.4 is 0 Å². The number of nitrogens with zero attached hydrogens (tertiary/aromatic N) is 1. The highest BCUT2D eigenvalue weighted by Crippen LogP contribution is 2.09. The molecule has 0 amide bonds. The minimum Gasteiger partial charge on any atom is -0.287 e. The van der Waals surface area contributed by atoms with Crippen LogP contribution >= 0.6 is 0 Å². The molecule has 0 aliphatic heterocycles. The first kappa shape index (κ1) is 9.66. The topological polar surface area (TPSA) is 12.4 Å².